The van der Waals surface area contributed by atoms with Crippen molar-refractivity contribution in [3.8, 4) is 5.69 Å². The number of hydrogen-bond acceptors (Lipinski definition) is 6. The van der Waals surface area contributed by atoms with Crippen LogP contribution < -0.4 is 10.2 Å². The summed E-state index contributed by atoms with van der Waals surface area (Å²) in [6, 6.07) is 8.39. The molecule has 1 N–H and O–H groups in total. The molecular weight excluding hydrogens is 421 g/mol. The van der Waals surface area contributed by atoms with Crippen molar-refractivity contribution in [1.82, 2.24) is 19.9 Å². The molecule has 8 nitrogen and oxygen atoms in total. The van der Waals surface area contributed by atoms with Crippen molar-refractivity contribution in [2.75, 3.05) is 18.0 Å². The summed E-state index contributed by atoms with van der Waals surface area (Å²) in [6.07, 6.45) is 5.76. The largest absolute Gasteiger partial charge is 0.442 e. The maximum atomic E-state index is 14.8. The number of benzene rings is 1. The maximum absolute atomic E-state index is 14.8. The number of nitrogens with zero attached hydrogens (tertiary/aromatic N) is 4. The molecule has 0 unspecified atom stereocenters. The van der Waals surface area contributed by atoms with Crippen LogP contribution in [0.2, 0.25) is 0 Å². The predicted octanol–water partition coefficient (Wildman–Crippen LogP) is 3.16. The third kappa shape index (κ3) is 5.02. The van der Waals surface area contributed by atoms with Crippen molar-refractivity contribution in [1.29, 1.82) is 0 Å². The molecule has 1 aliphatic heterocycles. The molecule has 0 radical (unpaired) electrons. The van der Waals surface area contributed by atoms with Crippen molar-refractivity contribution < 1.29 is 18.7 Å². The van der Waals surface area contributed by atoms with Gasteiger partial charge in [0, 0.05) is 36.2 Å². The van der Waals surface area contributed by atoms with Gasteiger partial charge in [0.15, 0.2) is 0 Å². The van der Waals surface area contributed by atoms with Gasteiger partial charge in [0.25, 0.3) is 0 Å². The van der Waals surface area contributed by atoms with Crippen molar-refractivity contribution in [2.45, 2.75) is 23.7 Å². The Hall–Kier alpha value is -3.40. The number of rotatable bonds is 7. The van der Waals surface area contributed by atoms with Crippen LogP contribution in [-0.2, 0) is 15.3 Å². The van der Waals surface area contributed by atoms with E-state index in [4.69, 9.17) is 4.74 Å². The number of carbonyl (C=O) groups is 2. The molecule has 3 heterocycles. The molecule has 160 valence electrons. The topological polar surface area (TPSA) is 89.4 Å². The van der Waals surface area contributed by atoms with Crippen LogP contribution in [0, 0.1) is 5.82 Å². The van der Waals surface area contributed by atoms with Crippen LogP contribution in [0.3, 0.4) is 0 Å². The average molecular weight is 441 g/mol. The zero-order chi connectivity index (χ0) is 21.8. The number of nitrogens with one attached hydrogen (secondary N) is 1. The molecule has 1 saturated heterocycles. The van der Waals surface area contributed by atoms with E-state index in [9.17, 15) is 14.0 Å². The normalized spacial score (nSPS) is 15.7. The SMILES string of the molecule is CC(=O)NC[C@H]1CN(c2ccc(-n3cnc(CSc4ccncc4)c3)c(F)c2)C(=O)O1. The fourth-order valence-electron chi connectivity index (χ4n) is 3.13. The molecule has 2 amide bonds. The van der Waals surface area contributed by atoms with Crippen molar-refractivity contribution in [3.63, 3.8) is 0 Å². The standard InChI is InChI=1S/C21H20FN5O3S/c1-14(28)24-9-17-11-27(21(29)30-17)16-2-3-20(19(22)8-16)26-10-15(25-13-26)12-31-18-4-6-23-7-5-18/h2-8,10,13,17H,9,11-12H2,1H3,(H,24,28)/t17-/m0/s1. The van der Waals surface area contributed by atoms with E-state index in [1.54, 1.807) is 53.4 Å². The Bertz CT molecular complexity index is 1090. The first-order valence-electron chi connectivity index (χ1n) is 9.58. The Labute approximate surface area is 182 Å². The Morgan fingerprint density at radius 3 is 2.87 bits per heavy atom. The molecule has 0 aliphatic carbocycles. The number of amides is 2. The number of ether oxygens (including phenoxy) is 1. The van der Waals surface area contributed by atoms with Crippen molar-refractivity contribution in [2.24, 2.45) is 0 Å². The highest BCUT2D eigenvalue weighted by molar-refractivity contribution is 7.98. The highest BCUT2D eigenvalue weighted by Gasteiger charge is 2.32. The number of imidazole rings is 1. The molecule has 2 aromatic heterocycles. The van der Waals surface area contributed by atoms with Gasteiger partial charge in [0.1, 0.15) is 11.9 Å². The van der Waals surface area contributed by atoms with Crippen LogP contribution in [0.25, 0.3) is 5.69 Å². The first-order chi connectivity index (χ1) is 15.0. The number of carbonyl (C=O) groups excluding carboxylic acids is 2. The van der Waals surface area contributed by atoms with E-state index in [-0.39, 0.29) is 19.0 Å². The number of cyclic esters (lactones) is 1. The summed E-state index contributed by atoms with van der Waals surface area (Å²) in [4.78, 5) is 33.9. The monoisotopic (exact) mass is 441 g/mol. The Kier molecular flexibility index (Phi) is 6.17. The van der Waals surface area contributed by atoms with Crippen molar-refractivity contribution in [3.05, 3.63) is 66.8 Å². The van der Waals surface area contributed by atoms with E-state index in [1.165, 1.54) is 17.9 Å². The van der Waals surface area contributed by atoms with Crippen LogP contribution in [0.5, 0.6) is 0 Å². The minimum Gasteiger partial charge on any atom is -0.442 e. The minimum atomic E-state index is -0.569. The highest BCUT2D eigenvalue weighted by Crippen LogP contribution is 2.26. The summed E-state index contributed by atoms with van der Waals surface area (Å²) in [7, 11) is 0. The molecule has 1 atom stereocenters. The molecule has 4 rings (SSSR count). The number of hydrogen-bond donors (Lipinski definition) is 1. The first kappa shape index (κ1) is 20.9. The summed E-state index contributed by atoms with van der Waals surface area (Å²) < 4.78 is 21.7. The second-order valence-corrected chi connectivity index (χ2v) is 7.98. The number of pyridine rings is 1. The molecule has 0 saturated carbocycles. The van der Waals surface area contributed by atoms with Crippen LogP contribution in [0.15, 0.2) is 60.1 Å². The van der Waals surface area contributed by atoms with E-state index in [0.29, 0.717) is 17.1 Å². The van der Waals surface area contributed by atoms with Gasteiger partial charge < -0.3 is 14.6 Å². The summed E-state index contributed by atoms with van der Waals surface area (Å²) >= 11 is 1.62. The Balaban J connectivity index is 1.43. The quantitative estimate of drug-likeness (QED) is 0.567. The van der Waals surface area contributed by atoms with Gasteiger partial charge >= 0.3 is 6.09 Å². The summed E-state index contributed by atoms with van der Waals surface area (Å²) in [5.74, 6) is -0.0448. The number of aromatic nitrogens is 3. The maximum Gasteiger partial charge on any atom is 0.414 e. The lowest BCUT2D eigenvalue weighted by molar-refractivity contribution is -0.119. The third-order valence-corrected chi connectivity index (χ3v) is 5.69. The molecule has 0 bridgehead atoms. The van der Waals surface area contributed by atoms with E-state index >= 15 is 0 Å². The van der Waals surface area contributed by atoms with E-state index in [2.05, 4.69) is 15.3 Å². The van der Waals surface area contributed by atoms with Gasteiger partial charge in [-0.2, -0.15) is 0 Å². The van der Waals surface area contributed by atoms with Crippen LogP contribution >= 0.6 is 11.8 Å². The third-order valence-electron chi connectivity index (χ3n) is 4.65. The molecule has 1 fully saturated rings. The van der Waals surface area contributed by atoms with Gasteiger partial charge in [0.2, 0.25) is 5.91 Å². The van der Waals surface area contributed by atoms with Gasteiger partial charge in [-0.3, -0.25) is 14.7 Å². The molecule has 31 heavy (non-hydrogen) atoms. The second kappa shape index (κ2) is 9.17. The first-order valence-corrected chi connectivity index (χ1v) is 10.6. The van der Waals surface area contributed by atoms with Crippen LogP contribution in [0.1, 0.15) is 12.6 Å². The lowest BCUT2D eigenvalue weighted by atomic mass is 10.2. The summed E-state index contributed by atoms with van der Waals surface area (Å²) in [5, 5.41) is 2.61. The van der Waals surface area contributed by atoms with Gasteiger partial charge in [-0.1, -0.05) is 0 Å². The smallest absolute Gasteiger partial charge is 0.414 e. The zero-order valence-electron chi connectivity index (χ0n) is 16.7. The molecule has 0 spiro atoms. The fourth-order valence-corrected chi connectivity index (χ4v) is 3.91. The van der Waals surface area contributed by atoms with Crippen LogP contribution in [-0.4, -0.2) is 45.7 Å². The molecule has 3 aromatic rings. The van der Waals surface area contributed by atoms with Gasteiger partial charge in [-0.15, -0.1) is 11.8 Å². The Morgan fingerprint density at radius 1 is 1.32 bits per heavy atom. The average Bonchev–Trinajstić information content (AvgIpc) is 3.38. The molecule has 1 aromatic carbocycles. The Morgan fingerprint density at radius 2 is 2.13 bits per heavy atom. The lowest BCUT2D eigenvalue weighted by Gasteiger charge is -2.14. The minimum absolute atomic E-state index is 0.205. The lowest BCUT2D eigenvalue weighted by Crippen LogP contribution is -2.33. The predicted molar refractivity (Wildman–Crippen MR) is 114 cm³/mol. The van der Waals surface area contributed by atoms with Crippen molar-refractivity contribution >= 4 is 29.4 Å². The van der Waals surface area contributed by atoms with Gasteiger partial charge in [0.05, 0.1) is 36.5 Å². The molecule has 1 aliphatic rings. The van der Waals surface area contributed by atoms with E-state index < -0.39 is 18.0 Å². The number of thioether (sulfide) groups is 1. The second-order valence-electron chi connectivity index (χ2n) is 6.93. The van der Waals surface area contributed by atoms with E-state index in [1.807, 2.05) is 12.1 Å². The van der Waals surface area contributed by atoms with Gasteiger partial charge in [-0.05, 0) is 30.3 Å². The highest BCUT2D eigenvalue weighted by atomic mass is 32.2. The fraction of sp³-hybridized carbons (Fsp3) is 0.238. The van der Waals surface area contributed by atoms with Gasteiger partial charge in [-0.25, -0.2) is 14.2 Å². The van der Waals surface area contributed by atoms with Crippen LogP contribution in [0.4, 0.5) is 14.9 Å². The zero-order valence-corrected chi connectivity index (χ0v) is 17.5. The summed E-state index contributed by atoms with van der Waals surface area (Å²) in [6.45, 7) is 1.84. The number of anilines is 1. The molecular formula is C21H20FN5O3S. The summed E-state index contributed by atoms with van der Waals surface area (Å²) in [5.41, 5.74) is 1.54. The van der Waals surface area contributed by atoms with E-state index in [0.717, 1.165) is 10.6 Å². The number of halogens is 1. The molecule has 10 heteroatoms.